The Balaban J connectivity index is 0.00000364. The number of aliphatic hydroxyl groups excluding tert-OH is 1. The van der Waals surface area contributed by atoms with E-state index in [0.29, 0.717) is 41.3 Å². The summed E-state index contributed by atoms with van der Waals surface area (Å²) < 4.78 is 11.6. The Labute approximate surface area is 177 Å². The summed E-state index contributed by atoms with van der Waals surface area (Å²) in [6, 6.07) is 11.3. The van der Waals surface area contributed by atoms with E-state index in [2.05, 4.69) is 5.32 Å². The zero-order valence-electron chi connectivity index (χ0n) is 15.5. The number of hydrogen-bond acceptors (Lipinski definition) is 4. The average Bonchev–Trinajstić information content (AvgIpc) is 2.63. The first kappa shape index (κ1) is 23.9. The Morgan fingerprint density at radius 2 is 1.81 bits per heavy atom. The van der Waals surface area contributed by atoms with Gasteiger partial charge in [-0.05, 0) is 37.1 Å². The fourth-order valence-electron chi connectivity index (χ4n) is 2.49. The van der Waals surface area contributed by atoms with Gasteiger partial charge in [0, 0.05) is 23.2 Å². The summed E-state index contributed by atoms with van der Waals surface area (Å²) in [4.78, 5) is 0. The van der Waals surface area contributed by atoms with Crippen molar-refractivity contribution in [2.45, 2.75) is 39.5 Å². The monoisotopic (exact) mass is 432 g/mol. The first-order valence-corrected chi connectivity index (χ1v) is 9.50. The predicted molar refractivity (Wildman–Crippen MR) is 106 cm³/mol. The van der Waals surface area contributed by atoms with E-state index in [-0.39, 0.29) is 25.1 Å². The molecule has 0 aliphatic rings. The molecule has 7 heteroatoms. The Morgan fingerprint density at radius 3 is 2.44 bits per heavy atom. The number of nitrogens with one attached hydrogen (secondary N) is 1. The minimum atomic E-state index is 0. The summed E-state index contributed by atoms with van der Waals surface area (Å²) >= 11 is 12.6. The van der Waals surface area contributed by atoms with Crippen molar-refractivity contribution in [2.75, 3.05) is 13.2 Å². The van der Waals surface area contributed by atoms with Crippen LogP contribution in [0.15, 0.2) is 36.4 Å². The first-order chi connectivity index (χ1) is 12.6. The fourth-order valence-corrected chi connectivity index (χ4v) is 2.97. The topological polar surface area (TPSA) is 50.7 Å². The number of benzene rings is 2. The Kier molecular flexibility index (Phi) is 10.9. The van der Waals surface area contributed by atoms with Gasteiger partial charge in [0.2, 0.25) is 0 Å². The van der Waals surface area contributed by atoms with Gasteiger partial charge in [-0.25, -0.2) is 0 Å². The molecule has 0 radical (unpaired) electrons. The molecular formula is C20H25Cl3NO3-. The van der Waals surface area contributed by atoms with Crippen LogP contribution in [0.4, 0.5) is 0 Å². The number of halogens is 3. The van der Waals surface area contributed by atoms with E-state index in [0.717, 1.165) is 17.5 Å². The van der Waals surface area contributed by atoms with Crippen molar-refractivity contribution in [3.05, 3.63) is 57.6 Å². The minimum Gasteiger partial charge on any atom is -1.00 e. The van der Waals surface area contributed by atoms with Gasteiger partial charge in [-0.2, -0.15) is 0 Å². The van der Waals surface area contributed by atoms with Gasteiger partial charge in [0.05, 0.1) is 18.2 Å². The third kappa shape index (κ3) is 7.05. The van der Waals surface area contributed by atoms with Crippen LogP contribution in [0.25, 0.3) is 0 Å². The summed E-state index contributed by atoms with van der Waals surface area (Å²) in [5, 5.41) is 13.7. The number of aliphatic hydroxyl groups is 1. The zero-order chi connectivity index (χ0) is 18.9. The summed E-state index contributed by atoms with van der Waals surface area (Å²) in [6.45, 7) is 5.43. The number of rotatable bonds is 10. The van der Waals surface area contributed by atoms with Crippen molar-refractivity contribution >= 4 is 23.2 Å². The molecule has 27 heavy (non-hydrogen) atoms. The van der Waals surface area contributed by atoms with Crippen LogP contribution < -0.4 is 27.2 Å². The molecule has 0 heterocycles. The maximum atomic E-state index is 9.30. The van der Waals surface area contributed by atoms with Crippen molar-refractivity contribution in [3.8, 4) is 11.5 Å². The molecular weight excluding hydrogens is 409 g/mol. The van der Waals surface area contributed by atoms with Crippen LogP contribution in [0, 0.1) is 0 Å². The highest BCUT2D eigenvalue weighted by Crippen LogP contribution is 2.37. The molecule has 1 unspecified atom stereocenters. The van der Waals surface area contributed by atoms with E-state index in [1.807, 2.05) is 50.2 Å². The van der Waals surface area contributed by atoms with Gasteiger partial charge in [-0.1, -0.05) is 48.3 Å². The standard InChI is InChI=1S/C20H25Cl2NO3.ClH/c1-3-16(12-24)23-11-14-9-18(22)20(19(10-14)25-4-2)26-13-15-7-5-6-8-17(15)21;/h5-10,16,23-24H,3-4,11-13H2,1-2H3;1H/p-1. The highest BCUT2D eigenvalue weighted by molar-refractivity contribution is 6.32. The van der Waals surface area contributed by atoms with E-state index >= 15 is 0 Å². The van der Waals surface area contributed by atoms with Gasteiger partial charge < -0.3 is 32.3 Å². The van der Waals surface area contributed by atoms with Crippen LogP contribution in [0.3, 0.4) is 0 Å². The molecule has 150 valence electrons. The highest BCUT2D eigenvalue weighted by Gasteiger charge is 2.14. The molecule has 0 bridgehead atoms. The minimum absolute atomic E-state index is 0. The Hall–Kier alpha value is -1.17. The lowest BCUT2D eigenvalue weighted by atomic mass is 10.1. The highest BCUT2D eigenvalue weighted by atomic mass is 35.5. The molecule has 0 saturated heterocycles. The summed E-state index contributed by atoms with van der Waals surface area (Å²) in [6.07, 6.45) is 0.849. The second-order valence-electron chi connectivity index (χ2n) is 5.89. The van der Waals surface area contributed by atoms with Gasteiger partial charge in [-0.3, -0.25) is 0 Å². The Bertz CT molecular complexity index is 709. The average molecular weight is 434 g/mol. The molecule has 1 atom stereocenters. The maximum Gasteiger partial charge on any atom is 0.180 e. The van der Waals surface area contributed by atoms with Crippen LogP contribution in [-0.4, -0.2) is 24.4 Å². The molecule has 2 aromatic rings. The van der Waals surface area contributed by atoms with Crippen LogP contribution in [-0.2, 0) is 13.2 Å². The van der Waals surface area contributed by atoms with Crippen molar-refractivity contribution in [2.24, 2.45) is 0 Å². The second-order valence-corrected chi connectivity index (χ2v) is 6.70. The molecule has 0 aromatic heterocycles. The van der Waals surface area contributed by atoms with Crippen molar-refractivity contribution in [1.29, 1.82) is 0 Å². The lowest BCUT2D eigenvalue weighted by molar-refractivity contribution is -0.00000698. The molecule has 0 spiro atoms. The molecule has 2 rings (SSSR count). The third-order valence-electron chi connectivity index (χ3n) is 4.01. The fraction of sp³-hybridized carbons (Fsp3) is 0.400. The number of hydrogen-bond donors (Lipinski definition) is 2. The molecule has 0 aliphatic carbocycles. The molecule has 0 fully saturated rings. The van der Waals surface area contributed by atoms with Gasteiger partial charge in [0.25, 0.3) is 0 Å². The van der Waals surface area contributed by atoms with Crippen molar-refractivity contribution in [1.82, 2.24) is 5.32 Å². The molecule has 2 aromatic carbocycles. The van der Waals surface area contributed by atoms with Gasteiger partial charge in [0.1, 0.15) is 6.61 Å². The van der Waals surface area contributed by atoms with E-state index in [1.54, 1.807) is 0 Å². The molecule has 0 aliphatic heterocycles. The van der Waals surface area contributed by atoms with Gasteiger partial charge in [-0.15, -0.1) is 0 Å². The molecule has 4 nitrogen and oxygen atoms in total. The van der Waals surface area contributed by atoms with Crippen LogP contribution in [0.2, 0.25) is 10.0 Å². The van der Waals surface area contributed by atoms with Crippen LogP contribution >= 0.6 is 23.2 Å². The van der Waals surface area contributed by atoms with Gasteiger partial charge in [0.15, 0.2) is 11.5 Å². The number of ether oxygens (including phenoxy) is 2. The first-order valence-electron chi connectivity index (χ1n) is 8.74. The predicted octanol–water partition coefficient (Wildman–Crippen LogP) is 1.84. The normalized spacial score (nSPS) is 11.6. The molecule has 2 N–H and O–H groups in total. The van der Waals surface area contributed by atoms with E-state index in [1.165, 1.54) is 0 Å². The van der Waals surface area contributed by atoms with Gasteiger partial charge >= 0.3 is 0 Å². The van der Waals surface area contributed by atoms with Crippen molar-refractivity contribution in [3.63, 3.8) is 0 Å². The lowest BCUT2D eigenvalue weighted by Gasteiger charge is -2.18. The van der Waals surface area contributed by atoms with E-state index in [9.17, 15) is 5.11 Å². The third-order valence-corrected chi connectivity index (χ3v) is 4.66. The van der Waals surface area contributed by atoms with E-state index in [4.69, 9.17) is 32.7 Å². The van der Waals surface area contributed by atoms with Crippen LogP contribution in [0.5, 0.6) is 11.5 Å². The van der Waals surface area contributed by atoms with Crippen molar-refractivity contribution < 1.29 is 27.0 Å². The van der Waals surface area contributed by atoms with E-state index < -0.39 is 0 Å². The SMILES string of the molecule is CCOc1cc(CNC(CC)CO)cc(Cl)c1OCc1ccccc1Cl.[Cl-]. The largest absolute Gasteiger partial charge is 1.00 e. The summed E-state index contributed by atoms with van der Waals surface area (Å²) in [5.41, 5.74) is 1.85. The second kappa shape index (κ2) is 12.3. The Morgan fingerprint density at radius 1 is 1.07 bits per heavy atom. The lowest BCUT2D eigenvalue weighted by Crippen LogP contribution is -3.00. The summed E-state index contributed by atoms with van der Waals surface area (Å²) in [5.74, 6) is 1.10. The molecule has 0 saturated carbocycles. The van der Waals surface area contributed by atoms with Crippen LogP contribution in [0.1, 0.15) is 31.4 Å². The quantitative estimate of drug-likeness (QED) is 0.600. The zero-order valence-corrected chi connectivity index (χ0v) is 17.7. The maximum absolute atomic E-state index is 9.30. The summed E-state index contributed by atoms with van der Waals surface area (Å²) in [7, 11) is 0. The molecule has 0 amide bonds. The smallest absolute Gasteiger partial charge is 0.180 e.